The molecule has 0 saturated heterocycles. The molecule has 0 nitrogen and oxygen atoms in total. The smallest absolute Gasteiger partial charge is 0 e. The molecule has 0 bridgehead atoms. The van der Waals surface area contributed by atoms with Crippen LogP contribution in [0.2, 0.25) is 0 Å². The van der Waals surface area contributed by atoms with Crippen LogP contribution in [0.5, 0.6) is 0 Å². The van der Waals surface area contributed by atoms with Gasteiger partial charge in [-0.25, -0.2) is 0 Å². The molecule has 0 aliphatic rings. The molecule has 6 heavy (non-hydrogen) atoms. The summed E-state index contributed by atoms with van der Waals surface area (Å²) in [5.41, 5.74) is 0. The van der Waals surface area contributed by atoms with Crippen LogP contribution >= 0.6 is 120 Å². The van der Waals surface area contributed by atoms with Gasteiger partial charge in [0.2, 0.25) is 0 Å². The van der Waals surface area contributed by atoms with Crippen molar-refractivity contribution in [2.75, 3.05) is 0 Å². The van der Waals surface area contributed by atoms with Crippen LogP contribution in [0.15, 0.2) is 0 Å². The van der Waals surface area contributed by atoms with Gasteiger partial charge in [0.05, 0.1) is 0 Å². The molecule has 0 aliphatic carbocycles. The topological polar surface area (TPSA) is 0 Å². The Hall–Kier alpha value is 4.70. The molecule has 0 aliphatic heterocycles. The fraction of sp³-hybridized carbons (Fsp3) is 0. The summed E-state index contributed by atoms with van der Waals surface area (Å²) in [5.74, 6) is 0. The van der Waals surface area contributed by atoms with Crippen LogP contribution in [0.1, 0.15) is 0 Å². The fourth-order valence-electron chi connectivity index (χ4n) is 0. The Balaban J connectivity index is 0. The molecule has 0 aromatic carbocycles. The SMILES string of the molecule is I.I.I.I.I.[U]. The monoisotopic (exact) mass is 878 g/mol. The first kappa shape index (κ1) is 45.6. The van der Waals surface area contributed by atoms with E-state index in [0.717, 1.165) is 0 Å². The van der Waals surface area contributed by atoms with E-state index in [9.17, 15) is 0 Å². The fourth-order valence-corrected chi connectivity index (χ4v) is 0. The van der Waals surface area contributed by atoms with Crippen molar-refractivity contribution in [3.05, 3.63) is 0 Å². The van der Waals surface area contributed by atoms with Gasteiger partial charge in [-0.2, -0.15) is 0 Å². The van der Waals surface area contributed by atoms with E-state index in [0.29, 0.717) is 0 Å². The number of rotatable bonds is 0. The van der Waals surface area contributed by atoms with E-state index in [1.165, 1.54) is 0 Å². The summed E-state index contributed by atoms with van der Waals surface area (Å²) in [6.07, 6.45) is 0. The van der Waals surface area contributed by atoms with Gasteiger partial charge in [0.15, 0.2) is 0 Å². The van der Waals surface area contributed by atoms with Gasteiger partial charge in [-0.15, -0.1) is 120 Å². The third-order valence-electron chi connectivity index (χ3n) is 0. The molecule has 0 radical (unpaired) electrons. The van der Waals surface area contributed by atoms with Crippen LogP contribution in [0, 0.1) is 31.1 Å². The Bertz CT molecular complexity index is 3.90. The van der Waals surface area contributed by atoms with E-state index < -0.39 is 0 Å². The molecule has 44 valence electrons. The van der Waals surface area contributed by atoms with Gasteiger partial charge in [-0.05, 0) is 0 Å². The van der Waals surface area contributed by atoms with E-state index in [1.54, 1.807) is 0 Å². The van der Waals surface area contributed by atoms with Crippen molar-refractivity contribution in [2.45, 2.75) is 0 Å². The Morgan fingerprint density at radius 3 is 0.333 bits per heavy atom. The molecule has 0 heterocycles. The van der Waals surface area contributed by atoms with E-state index in [-0.39, 0.29) is 151 Å². The van der Waals surface area contributed by atoms with Crippen LogP contribution in [-0.2, 0) is 0 Å². The van der Waals surface area contributed by atoms with Crippen molar-refractivity contribution >= 4 is 120 Å². The van der Waals surface area contributed by atoms with Crippen LogP contribution < -0.4 is 0 Å². The zero-order chi connectivity index (χ0) is 0. The summed E-state index contributed by atoms with van der Waals surface area (Å²) >= 11 is 0. The predicted octanol–water partition coefficient (Wildman–Crippen LogP) is 3.09. The molecule has 0 atom stereocenters. The van der Waals surface area contributed by atoms with Crippen molar-refractivity contribution in [3.8, 4) is 0 Å². The Morgan fingerprint density at radius 2 is 0.333 bits per heavy atom. The molecular formula is H5I5U. The first-order valence-electron chi connectivity index (χ1n) is 0. The maximum absolute atomic E-state index is 0. The maximum atomic E-state index is 0. The minimum Gasteiger partial charge on any atom is -0.107 e. The zero-order valence-electron chi connectivity index (χ0n) is 2.54. The molecule has 0 rings (SSSR count). The minimum absolute atomic E-state index is 0. The zero-order valence-corrected chi connectivity index (χ0v) is 18.4. The predicted molar refractivity (Wildman–Crippen MR) is 77.1 cm³/mol. The Kier molecular flexibility index (Phi) is 252. The molecule has 0 amide bonds. The number of hydrogen-bond donors (Lipinski definition) is 0. The number of halogens is 5. The molecule has 0 aromatic heterocycles. The molecular weight excluding hydrogens is 873 g/mol. The van der Waals surface area contributed by atoms with Crippen LogP contribution in [-0.4, -0.2) is 0 Å². The largest absolute Gasteiger partial charge is 0.107 e. The van der Waals surface area contributed by atoms with Crippen molar-refractivity contribution in [1.29, 1.82) is 0 Å². The summed E-state index contributed by atoms with van der Waals surface area (Å²) in [7, 11) is 0. The molecule has 0 fully saturated rings. The van der Waals surface area contributed by atoms with E-state index in [4.69, 9.17) is 0 Å². The average Bonchev–Trinajstić information content (AvgIpc) is 0. The van der Waals surface area contributed by atoms with Gasteiger partial charge >= 0.3 is 0 Å². The van der Waals surface area contributed by atoms with Crippen LogP contribution in [0.25, 0.3) is 0 Å². The van der Waals surface area contributed by atoms with Crippen LogP contribution in [0.4, 0.5) is 0 Å². The number of hydrogen-bond acceptors (Lipinski definition) is 0. The molecule has 0 saturated carbocycles. The molecule has 0 N–H and O–H groups in total. The van der Waals surface area contributed by atoms with Crippen molar-refractivity contribution in [3.63, 3.8) is 0 Å². The van der Waals surface area contributed by atoms with Crippen molar-refractivity contribution in [2.24, 2.45) is 0 Å². The van der Waals surface area contributed by atoms with Gasteiger partial charge in [0.25, 0.3) is 0 Å². The summed E-state index contributed by atoms with van der Waals surface area (Å²) in [4.78, 5) is 0. The van der Waals surface area contributed by atoms with E-state index in [1.807, 2.05) is 0 Å². The van der Waals surface area contributed by atoms with Gasteiger partial charge in [0.1, 0.15) is 0 Å². The normalized spacial score (nSPS) is 0. The molecule has 0 aromatic rings. The Morgan fingerprint density at radius 1 is 0.333 bits per heavy atom. The quantitative estimate of drug-likeness (QED) is 0.329. The second-order valence-electron chi connectivity index (χ2n) is 0. The molecule has 0 unspecified atom stereocenters. The summed E-state index contributed by atoms with van der Waals surface area (Å²) in [5, 5.41) is 0. The van der Waals surface area contributed by atoms with E-state index >= 15 is 0 Å². The standard InChI is InChI=1S/5HI.U/h5*1H;. The van der Waals surface area contributed by atoms with Gasteiger partial charge in [0, 0.05) is 31.1 Å². The summed E-state index contributed by atoms with van der Waals surface area (Å²) in [6.45, 7) is 0. The van der Waals surface area contributed by atoms with Crippen LogP contribution in [0.3, 0.4) is 0 Å². The molecule has 6 heteroatoms. The Labute approximate surface area is 147 Å². The third kappa shape index (κ3) is 23.3. The second kappa shape index (κ2) is 33.2. The second-order valence-corrected chi connectivity index (χ2v) is 0. The van der Waals surface area contributed by atoms with E-state index in [2.05, 4.69) is 0 Å². The molecule has 0 spiro atoms. The van der Waals surface area contributed by atoms with Gasteiger partial charge < -0.3 is 0 Å². The minimum atomic E-state index is 0. The van der Waals surface area contributed by atoms with Gasteiger partial charge in [-0.3, -0.25) is 0 Å². The third-order valence-corrected chi connectivity index (χ3v) is 0. The van der Waals surface area contributed by atoms with Crippen molar-refractivity contribution in [1.82, 2.24) is 0 Å². The maximum Gasteiger partial charge on any atom is 0 e. The van der Waals surface area contributed by atoms with Crippen molar-refractivity contribution < 1.29 is 31.1 Å². The average molecular weight is 878 g/mol. The summed E-state index contributed by atoms with van der Waals surface area (Å²) in [6, 6.07) is 0. The summed E-state index contributed by atoms with van der Waals surface area (Å²) < 4.78 is 0. The van der Waals surface area contributed by atoms with Gasteiger partial charge in [-0.1, -0.05) is 0 Å². The first-order valence-corrected chi connectivity index (χ1v) is 0. The first-order chi connectivity index (χ1) is 0.